The first kappa shape index (κ1) is 14.1. The highest BCUT2D eigenvalue weighted by atomic mass is 16.5. The molecule has 2 heteroatoms. The summed E-state index contributed by atoms with van der Waals surface area (Å²) in [6.45, 7) is 6.80. The molecule has 0 bridgehead atoms. The molecule has 1 heterocycles. The molecule has 1 aliphatic heterocycles. The third kappa shape index (κ3) is 2.29. The molecule has 110 valence electrons. The highest BCUT2D eigenvalue weighted by molar-refractivity contribution is 5.40. The Morgan fingerprint density at radius 3 is 2.55 bits per heavy atom. The lowest BCUT2D eigenvalue weighted by Crippen LogP contribution is -2.42. The molecule has 6 atom stereocenters. The van der Waals surface area contributed by atoms with Crippen molar-refractivity contribution in [2.75, 3.05) is 7.05 Å². The van der Waals surface area contributed by atoms with Gasteiger partial charge in [-0.2, -0.15) is 0 Å². The standard InChI is InChI=1S/C18H27NO/c1-11-12(2)20-13(3)18(11)17(19-4)10-15-9-14-7-5-6-8-16(14)15/h5-8,11-13,15,17-19H,9-10H2,1-4H3. The van der Waals surface area contributed by atoms with Gasteiger partial charge in [0.25, 0.3) is 0 Å². The minimum Gasteiger partial charge on any atom is -0.375 e. The Morgan fingerprint density at radius 1 is 1.20 bits per heavy atom. The smallest absolute Gasteiger partial charge is 0.0597 e. The van der Waals surface area contributed by atoms with Gasteiger partial charge in [-0.15, -0.1) is 0 Å². The average Bonchev–Trinajstić information content (AvgIpc) is 2.66. The minimum absolute atomic E-state index is 0.368. The van der Waals surface area contributed by atoms with E-state index in [1.54, 1.807) is 11.1 Å². The number of hydrogen-bond donors (Lipinski definition) is 1. The van der Waals surface area contributed by atoms with Gasteiger partial charge < -0.3 is 10.1 Å². The lowest BCUT2D eigenvalue weighted by Gasteiger charge is -2.36. The number of hydrogen-bond acceptors (Lipinski definition) is 2. The third-order valence-electron chi connectivity index (χ3n) is 5.65. The van der Waals surface area contributed by atoms with Crippen LogP contribution in [0.1, 0.15) is 44.2 Å². The van der Waals surface area contributed by atoms with Crippen LogP contribution in [0.15, 0.2) is 24.3 Å². The summed E-state index contributed by atoms with van der Waals surface area (Å²) in [6, 6.07) is 9.46. The van der Waals surface area contributed by atoms with E-state index in [0.29, 0.717) is 30.1 Å². The van der Waals surface area contributed by atoms with E-state index in [1.165, 1.54) is 12.8 Å². The Bertz CT molecular complexity index is 472. The normalized spacial score (nSPS) is 37.3. The number of fused-ring (bicyclic) bond motifs is 1. The number of nitrogens with one attached hydrogen (secondary N) is 1. The quantitative estimate of drug-likeness (QED) is 0.908. The Labute approximate surface area is 122 Å². The fraction of sp³-hybridized carbons (Fsp3) is 0.667. The Balaban J connectivity index is 1.70. The lowest BCUT2D eigenvalue weighted by molar-refractivity contribution is 0.0471. The monoisotopic (exact) mass is 273 g/mol. The van der Waals surface area contributed by atoms with Crippen molar-refractivity contribution in [3.8, 4) is 0 Å². The third-order valence-corrected chi connectivity index (χ3v) is 5.65. The first-order chi connectivity index (χ1) is 9.61. The minimum atomic E-state index is 0.368. The summed E-state index contributed by atoms with van der Waals surface area (Å²) < 4.78 is 6.03. The van der Waals surface area contributed by atoms with Crippen molar-refractivity contribution in [2.24, 2.45) is 11.8 Å². The highest BCUT2D eigenvalue weighted by Gasteiger charge is 2.42. The summed E-state index contributed by atoms with van der Waals surface area (Å²) in [5.74, 6) is 2.00. The SMILES string of the molecule is CNC(CC1Cc2ccccc21)C1C(C)OC(C)C1C. The van der Waals surface area contributed by atoms with E-state index in [9.17, 15) is 0 Å². The number of rotatable bonds is 4. The van der Waals surface area contributed by atoms with E-state index in [0.717, 1.165) is 5.92 Å². The maximum Gasteiger partial charge on any atom is 0.0597 e. The summed E-state index contributed by atoms with van der Waals surface area (Å²) >= 11 is 0. The van der Waals surface area contributed by atoms with Crippen molar-refractivity contribution in [2.45, 2.75) is 57.8 Å². The van der Waals surface area contributed by atoms with Gasteiger partial charge in [-0.1, -0.05) is 31.2 Å². The zero-order valence-electron chi connectivity index (χ0n) is 13.1. The van der Waals surface area contributed by atoms with Gasteiger partial charge in [0.1, 0.15) is 0 Å². The zero-order chi connectivity index (χ0) is 14.3. The van der Waals surface area contributed by atoms with Crippen molar-refractivity contribution in [3.63, 3.8) is 0 Å². The first-order valence-corrected chi connectivity index (χ1v) is 8.02. The Morgan fingerprint density at radius 2 is 1.95 bits per heavy atom. The van der Waals surface area contributed by atoms with Crippen molar-refractivity contribution < 1.29 is 4.74 Å². The maximum absolute atomic E-state index is 6.03. The van der Waals surface area contributed by atoms with Gasteiger partial charge in [0.15, 0.2) is 0 Å². The predicted octanol–water partition coefficient (Wildman–Crippen LogP) is 3.36. The fourth-order valence-corrected chi connectivity index (χ4v) is 4.33. The van der Waals surface area contributed by atoms with Crippen LogP contribution in [0.3, 0.4) is 0 Å². The van der Waals surface area contributed by atoms with Crippen molar-refractivity contribution >= 4 is 0 Å². The molecule has 1 aromatic carbocycles. The second-order valence-corrected chi connectivity index (χ2v) is 6.71. The second kappa shape index (κ2) is 5.50. The molecule has 1 N–H and O–H groups in total. The van der Waals surface area contributed by atoms with Gasteiger partial charge in [0.05, 0.1) is 12.2 Å². The molecule has 20 heavy (non-hydrogen) atoms. The van der Waals surface area contributed by atoms with E-state index >= 15 is 0 Å². The molecular weight excluding hydrogens is 246 g/mol. The van der Waals surface area contributed by atoms with Crippen LogP contribution in [0.5, 0.6) is 0 Å². The molecular formula is C18H27NO. The largest absolute Gasteiger partial charge is 0.375 e. The van der Waals surface area contributed by atoms with Gasteiger partial charge in [-0.25, -0.2) is 0 Å². The Kier molecular flexibility index (Phi) is 3.87. The molecule has 0 radical (unpaired) electrons. The fourth-order valence-electron chi connectivity index (χ4n) is 4.33. The molecule has 3 rings (SSSR count). The summed E-state index contributed by atoms with van der Waals surface area (Å²) in [6.07, 6.45) is 3.25. The van der Waals surface area contributed by atoms with Crippen LogP contribution in [-0.4, -0.2) is 25.3 Å². The zero-order valence-corrected chi connectivity index (χ0v) is 13.1. The van der Waals surface area contributed by atoms with Crippen molar-refractivity contribution in [3.05, 3.63) is 35.4 Å². The van der Waals surface area contributed by atoms with Crippen LogP contribution < -0.4 is 5.32 Å². The molecule has 1 fully saturated rings. The molecule has 2 nitrogen and oxygen atoms in total. The maximum atomic E-state index is 6.03. The van der Waals surface area contributed by atoms with Crippen LogP contribution in [0.25, 0.3) is 0 Å². The van der Waals surface area contributed by atoms with E-state index in [-0.39, 0.29) is 0 Å². The van der Waals surface area contributed by atoms with Gasteiger partial charge >= 0.3 is 0 Å². The molecule has 0 saturated carbocycles. The van der Waals surface area contributed by atoms with Crippen LogP contribution in [-0.2, 0) is 11.2 Å². The van der Waals surface area contributed by atoms with Gasteiger partial charge in [0.2, 0.25) is 0 Å². The topological polar surface area (TPSA) is 21.3 Å². The second-order valence-electron chi connectivity index (χ2n) is 6.71. The average molecular weight is 273 g/mol. The summed E-state index contributed by atoms with van der Waals surface area (Å²) in [5.41, 5.74) is 3.12. The number of ether oxygens (including phenoxy) is 1. The van der Waals surface area contributed by atoms with Crippen molar-refractivity contribution in [1.82, 2.24) is 5.32 Å². The molecule has 0 amide bonds. The molecule has 1 aromatic rings. The predicted molar refractivity (Wildman–Crippen MR) is 83.0 cm³/mol. The first-order valence-electron chi connectivity index (χ1n) is 8.02. The lowest BCUT2D eigenvalue weighted by atomic mass is 9.71. The molecule has 6 unspecified atom stereocenters. The van der Waals surface area contributed by atoms with Crippen LogP contribution in [0.2, 0.25) is 0 Å². The summed E-state index contributed by atoms with van der Waals surface area (Å²) in [7, 11) is 2.11. The van der Waals surface area contributed by atoms with E-state index in [2.05, 4.69) is 57.4 Å². The highest BCUT2D eigenvalue weighted by Crippen LogP contribution is 2.42. The molecule has 1 saturated heterocycles. The van der Waals surface area contributed by atoms with Gasteiger partial charge in [-0.05, 0) is 56.7 Å². The van der Waals surface area contributed by atoms with Crippen molar-refractivity contribution in [1.29, 1.82) is 0 Å². The summed E-state index contributed by atoms with van der Waals surface area (Å²) in [5, 5.41) is 3.58. The van der Waals surface area contributed by atoms with E-state index in [4.69, 9.17) is 4.74 Å². The van der Waals surface area contributed by atoms with Crippen LogP contribution in [0, 0.1) is 11.8 Å². The number of benzene rings is 1. The van der Waals surface area contributed by atoms with Crippen LogP contribution >= 0.6 is 0 Å². The van der Waals surface area contributed by atoms with Crippen LogP contribution in [0.4, 0.5) is 0 Å². The molecule has 0 spiro atoms. The molecule has 1 aliphatic carbocycles. The van der Waals surface area contributed by atoms with Gasteiger partial charge in [0, 0.05) is 12.0 Å². The van der Waals surface area contributed by atoms with Gasteiger partial charge in [-0.3, -0.25) is 0 Å². The van der Waals surface area contributed by atoms with E-state index < -0.39 is 0 Å². The van der Waals surface area contributed by atoms with E-state index in [1.807, 2.05) is 0 Å². The molecule has 0 aromatic heterocycles. The Hall–Kier alpha value is -0.860. The molecule has 2 aliphatic rings. The summed E-state index contributed by atoms with van der Waals surface area (Å²) in [4.78, 5) is 0.